The van der Waals surface area contributed by atoms with E-state index in [4.69, 9.17) is 0 Å². The molecule has 0 amide bonds. The summed E-state index contributed by atoms with van der Waals surface area (Å²) in [5.41, 5.74) is 9.59. The Balaban J connectivity index is 0. The van der Waals surface area contributed by atoms with Crippen LogP contribution in [0.15, 0.2) is 54.6 Å². The number of halogens is 3. The standard InChI is InChI=1S/C25H31Si.3ClH.Ti/c1-17-10-18(2)13-22(12-17)25(23-14-19(3)11-20(4)15-23)21-8-9-24(16-21)26(5,6)7;;;;/h8-16,25H,1-7H3;3*1H;/q-1;;;;+4/p-3. The minimum absolute atomic E-state index is 0. The van der Waals surface area contributed by atoms with Crippen molar-refractivity contribution >= 4 is 13.3 Å². The van der Waals surface area contributed by atoms with Crippen LogP contribution in [0, 0.1) is 27.7 Å². The third-order valence-electron chi connectivity index (χ3n) is 5.13. The van der Waals surface area contributed by atoms with E-state index in [1.54, 1.807) is 5.19 Å². The molecule has 0 saturated heterocycles. The van der Waals surface area contributed by atoms with Crippen molar-refractivity contribution in [2.75, 3.05) is 0 Å². The van der Waals surface area contributed by atoms with E-state index in [0.29, 0.717) is 5.92 Å². The summed E-state index contributed by atoms with van der Waals surface area (Å²) < 4.78 is 0. The fourth-order valence-electron chi connectivity index (χ4n) is 4.04. The molecular formula is C25H31Cl3SiTi. The first kappa shape index (κ1) is 31.8. The van der Waals surface area contributed by atoms with Crippen LogP contribution in [-0.4, -0.2) is 8.07 Å². The van der Waals surface area contributed by atoms with Crippen LogP contribution < -0.4 is 42.4 Å². The molecule has 0 aliphatic carbocycles. The van der Waals surface area contributed by atoms with E-state index >= 15 is 0 Å². The van der Waals surface area contributed by atoms with Crippen molar-refractivity contribution in [3.05, 3.63) is 93.5 Å². The molecule has 0 unspecified atom stereocenters. The van der Waals surface area contributed by atoms with Crippen molar-refractivity contribution in [1.82, 2.24) is 0 Å². The summed E-state index contributed by atoms with van der Waals surface area (Å²) in [5, 5.41) is 1.55. The van der Waals surface area contributed by atoms with Gasteiger partial charge in [0.2, 0.25) is 0 Å². The molecule has 0 fully saturated rings. The molecule has 5 heteroatoms. The molecular weight excluding hydrogens is 483 g/mol. The quantitative estimate of drug-likeness (QED) is 0.265. The van der Waals surface area contributed by atoms with Crippen LogP contribution in [0.25, 0.3) is 0 Å². The average molecular weight is 514 g/mol. The Morgan fingerprint density at radius 2 is 1.00 bits per heavy atom. The molecule has 0 N–H and O–H groups in total. The van der Waals surface area contributed by atoms with Gasteiger partial charge in [-0.1, -0.05) is 78.3 Å². The Morgan fingerprint density at radius 3 is 1.30 bits per heavy atom. The number of hydrogen-bond acceptors (Lipinski definition) is 0. The zero-order valence-corrected chi connectivity index (χ0v) is 23.7. The number of aryl methyl sites for hydroxylation is 4. The van der Waals surface area contributed by atoms with E-state index in [1.807, 2.05) is 0 Å². The topological polar surface area (TPSA) is 0 Å². The van der Waals surface area contributed by atoms with E-state index in [1.165, 1.54) is 38.9 Å². The first-order chi connectivity index (χ1) is 12.1. The number of hydrogen-bond donors (Lipinski definition) is 0. The molecule has 160 valence electrons. The molecule has 0 aromatic heterocycles. The average Bonchev–Trinajstić information content (AvgIpc) is 2.95. The van der Waals surface area contributed by atoms with Crippen molar-refractivity contribution in [2.45, 2.75) is 53.3 Å². The molecule has 3 rings (SSSR count). The van der Waals surface area contributed by atoms with E-state index < -0.39 is 8.07 Å². The fourth-order valence-corrected chi connectivity index (χ4v) is 5.22. The van der Waals surface area contributed by atoms with Crippen LogP contribution in [-0.2, 0) is 21.7 Å². The van der Waals surface area contributed by atoms with Crippen molar-refractivity contribution in [3.8, 4) is 0 Å². The third kappa shape index (κ3) is 7.62. The van der Waals surface area contributed by atoms with E-state index in [9.17, 15) is 0 Å². The van der Waals surface area contributed by atoms with Gasteiger partial charge in [-0.3, -0.25) is 0 Å². The Labute approximate surface area is 217 Å². The molecule has 0 spiro atoms. The van der Waals surface area contributed by atoms with Crippen molar-refractivity contribution < 1.29 is 58.9 Å². The maximum atomic E-state index is 2.46. The van der Waals surface area contributed by atoms with Crippen LogP contribution >= 0.6 is 0 Å². The molecule has 0 heterocycles. The van der Waals surface area contributed by atoms with Gasteiger partial charge in [-0.15, -0.1) is 0 Å². The van der Waals surface area contributed by atoms with Crippen LogP contribution in [0.3, 0.4) is 0 Å². The van der Waals surface area contributed by atoms with Gasteiger partial charge in [-0.2, -0.15) is 22.9 Å². The predicted molar refractivity (Wildman–Crippen MR) is 118 cm³/mol. The zero-order valence-electron chi connectivity index (χ0n) is 18.9. The van der Waals surface area contributed by atoms with Gasteiger partial charge in [0.15, 0.2) is 0 Å². The summed E-state index contributed by atoms with van der Waals surface area (Å²) in [6, 6.07) is 21.1. The first-order valence-electron chi connectivity index (χ1n) is 9.57. The molecule has 3 aromatic carbocycles. The predicted octanol–water partition coefficient (Wildman–Crippen LogP) is -2.63. The Morgan fingerprint density at radius 1 is 0.633 bits per heavy atom. The van der Waals surface area contributed by atoms with Gasteiger partial charge < -0.3 is 37.2 Å². The van der Waals surface area contributed by atoms with Crippen molar-refractivity contribution in [1.29, 1.82) is 0 Å². The minimum Gasteiger partial charge on any atom is -1.00 e. The van der Waals surface area contributed by atoms with Crippen LogP contribution in [0.4, 0.5) is 0 Å². The summed E-state index contributed by atoms with van der Waals surface area (Å²) in [5.74, 6) is 0.303. The van der Waals surface area contributed by atoms with E-state index in [2.05, 4.69) is 102 Å². The molecule has 0 nitrogen and oxygen atoms in total. The molecule has 0 aliphatic rings. The minimum atomic E-state index is -1.30. The van der Waals surface area contributed by atoms with Crippen LogP contribution in [0.1, 0.15) is 44.9 Å². The van der Waals surface area contributed by atoms with Gasteiger partial charge in [0.1, 0.15) is 0 Å². The molecule has 0 aliphatic heterocycles. The summed E-state index contributed by atoms with van der Waals surface area (Å²) >= 11 is 0. The number of benzene rings is 2. The summed E-state index contributed by atoms with van der Waals surface area (Å²) in [6.07, 6.45) is 0. The summed E-state index contributed by atoms with van der Waals surface area (Å²) in [4.78, 5) is 0. The molecule has 0 radical (unpaired) electrons. The van der Waals surface area contributed by atoms with Gasteiger partial charge >= 0.3 is 21.7 Å². The monoisotopic (exact) mass is 512 g/mol. The Bertz CT molecular complexity index is 850. The van der Waals surface area contributed by atoms with Gasteiger partial charge in [0.05, 0.1) is 0 Å². The van der Waals surface area contributed by atoms with Crippen LogP contribution in [0.5, 0.6) is 0 Å². The summed E-state index contributed by atoms with van der Waals surface area (Å²) in [6.45, 7) is 16.1. The molecule has 0 saturated carbocycles. The normalized spacial score (nSPS) is 10.4. The van der Waals surface area contributed by atoms with E-state index in [0.717, 1.165) is 0 Å². The van der Waals surface area contributed by atoms with Gasteiger partial charge in [-0.05, 0) is 44.7 Å². The summed E-state index contributed by atoms with van der Waals surface area (Å²) in [7, 11) is -1.30. The number of rotatable bonds is 4. The molecule has 0 bridgehead atoms. The second kappa shape index (κ2) is 12.6. The largest absolute Gasteiger partial charge is 4.00 e. The van der Waals surface area contributed by atoms with Gasteiger partial charge in [0, 0.05) is 8.07 Å². The smallest absolute Gasteiger partial charge is 1.00 e. The maximum Gasteiger partial charge on any atom is 4.00 e. The Hall–Kier alpha value is -0.409. The Kier molecular flexibility index (Phi) is 13.3. The first-order valence-corrected chi connectivity index (χ1v) is 13.1. The maximum absolute atomic E-state index is 2.46. The van der Waals surface area contributed by atoms with Crippen LogP contribution in [0.2, 0.25) is 19.6 Å². The van der Waals surface area contributed by atoms with E-state index in [-0.39, 0.29) is 58.9 Å². The van der Waals surface area contributed by atoms with Gasteiger partial charge in [-0.25, -0.2) is 6.07 Å². The molecule has 3 aromatic rings. The van der Waals surface area contributed by atoms with Gasteiger partial charge in [0.25, 0.3) is 0 Å². The molecule has 0 atom stereocenters. The SMILES string of the molecule is Cc1cc(C)cc(C(c2cc(C)cc(C)c2)c2cc[c-]([Si](C)(C)C)c2)c1.[Cl-].[Cl-].[Cl-].[Ti+4]. The fraction of sp³-hybridized carbons (Fsp3) is 0.320. The molecule has 30 heavy (non-hydrogen) atoms. The van der Waals surface area contributed by atoms with Crippen molar-refractivity contribution in [3.63, 3.8) is 0 Å². The second-order valence-electron chi connectivity index (χ2n) is 8.96. The zero-order chi connectivity index (χ0) is 19.1. The third-order valence-corrected chi connectivity index (χ3v) is 7.17. The van der Waals surface area contributed by atoms with Crippen molar-refractivity contribution in [2.24, 2.45) is 0 Å². The second-order valence-corrected chi connectivity index (χ2v) is 14.0.